The van der Waals surface area contributed by atoms with E-state index in [4.69, 9.17) is 49.7 Å². The maximum absolute atomic E-state index is 12.5. The average molecular weight is 873 g/mol. The van der Waals surface area contributed by atoms with Gasteiger partial charge in [0, 0.05) is 59.7 Å². The van der Waals surface area contributed by atoms with Gasteiger partial charge in [0.25, 0.3) is 0 Å². The summed E-state index contributed by atoms with van der Waals surface area (Å²) in [6.45, 7) is -0.756. The molecule has 5 aromatic rings. The van der Waals surface area contributed by atoms with Gasteiger partial charge in [-0.05, 0) is 36.1 Å². The van der Waals surface area contributed by atoms with Crippen molar-refractivity contribution >= 4 is 22.8 Å². The molecule has 63 heavy (non-hydrogen) atoms. The van der Waals surface area contributed by atoms with Gasteiger partial charge in [0.2, 0.25) is 12.0 Å². The van der Waals surface area contributed by atoms with Crippen molar-refractivity contribution in [2.24, 2.45) is 11.5 Å². The number of carboxylic acids is 1. The molecule has 6 heterocycles. The van der Waals surface area contributed by atoms with Crippen molar-refractivity contribution < 1.29 is 73.4 Å². The SMILES string of the molecule is NC(N)[C@H](OC(=O)CC(=O)O)[C@H]1O[C@H]2Oc3cc4c(c(Cn5cc6cc[nH]c6c5)c3CC[C@@]2(O)[C@@H](O)[C@@H]1O)[C@@H]1Oc2c(ccc(OCO)c2OCCO)[C@@H]1[C@H](Cc1ccccc1)O4. The van der Waals surface area contributed by atoms with Crippen LogP contribution in [0.5, 0.6) is 28.7 Å². The molecule has 334 valence electrons. The molecule has 0 radical (unpaired) electrons. The Hall–Kier alpha value is -5.90. The topological polar surface area (TPSA) is 293 Å². The fraction of sp³-hybridized carbons (Fsp3) is 0.409. The Morgan fingerprint density at radius 2 is 1.81 bits per heavy atom. The van der Waals surface area contributed by atoms with Crippen LogP contribution in [0.4, 0.5) is 0 Å². The molecule has 0 bridgehead atoms. The van der Waals surface area contributed by atoms with Crippen LogP contribution < -0.4 is 35.2 Å². The zero-order valence-corrected chi connectivity index (χ0v) is 33.7. The highest BCUT2D eigenvalue weighted by molar-refractivity contribution is 5.90. The number of ether oxygens (including phenoxy) is 7. The molecule has 4 aliphatic heterocycles. The van der Waals surface area contributed by atoms with E-state index < -0.39 is 85.8 Å². The summed E-state index contributed by atoms with van der Waals surface area (Å²) in [4.78, 5) is 27.0. The monoisotopic (exact) mass is 872 g/mol. The smallest absolute Gasteiger partial charge is 0.317 e. The number of esters is 1. The lowest BCUT2D eigenvalue weighted by atomic mass is 9.78. The molecule has 9 rings (SSSR count). The molecule has 19 nitrogen and oxygen atoms in total. The van der Waals surface area contributed by atoms with Gasteiger partial charge in [0.1, 0.15) is 55.0 Å². The average Bonchev–Trinajstić information content (AvgIpc) is 3.94. The van der Waals surface area contributed by atoms with Crippen molar-refractivity contribution in [1.82, 2.24) is 9.55 Å². The van der Waals surface area contributed by atoms with E-state index in [1.54, 1.807) is 12.1 Å². The first-order chi connectivity index (χ1) is 30.4. The first-order valence-electron chi connectivity index (χ1n) is 20.5. The molecule has 9 atom stereocenters. The highest BCUT2D eigenvalue weighted by Gasteiger charge is 2.60. The molecule has 1 saturated heterocycles. The normalized spacial score (nSPS) is 26.1. The highest BCUT2D eigenvalue weighted by Crippen LogP contribution is 2.60. The lowest BCUT2D eigenvalue weighted by Gasteiger charge is -2.48. The lowest BCUT2D eigenvalue weighted by molar-refractivity contribution is -0.329. The molecule has 0 unspecified atom stereocenters. The van der Waals surface area contributed by atoms with E-state index in [1.807, 2.05) is 65.6 Å². The molecule has 19 heteroatoms. The maximum Gasteiger partial charge on any atom is 0.317 e. The maximum atomic E-state index is 12.5. The Balaban J connectivity index is 1.18. The van der Waals surface area contributed by atoms with Crippen molar-refractivity contribution in [2.75, 3.05) is 20.0 Å². The summed E-state index contributed by atoms with van der Waals surface area (Å²) in [7, 11) is 0. The van der Waals surface area contributed by atoms with Gasteiger partial charge >= 0.3 is 11.9 Å². The number of nitrogens with one attached hydrogen (secondary N) is 1. The summed E-state index contributed by atoms with van der Waals surface area (Å²) in [6.07, 6.45) is -6.58. The summed E-state index contributed by atoms with van der Waals surface area (Å²) in [5, 5.41) is 64.9. The number of aliphatic hydroxyl groups is 5. The molecular formula is C44H48N4O15. The number of nitrogens with two attached hydrogens (primary N) is 2. The number of carbonyl (C=O) groups is 2. The number of hydrogen-bond acceptors (Lipinski definition) is 16. The number of nitrogens with zero attached hydrogens (tertiary/aromatic N) is 1. The molecule has 2 aromatic heterocycles. The van der Waals surface area contributed by atoms with E-state index >= 15 is 0 Å². The number of rotatable bonds is 14. The van der Waals surface area contributed by atoms with E-state index in [0.717, 1.165) is 22.0 Å². The number of aromatic amines is 1. The fourth-order valence-electron chi connectivity index (χ4n) is 9.39. The van der Waals surface area contributed by atoms with Gasteiger partial charge in [-0.15, -0.1) is 0 Å². The molecule has 1 fully saturated rings. The third-order valence-corrected chi connectivity index (χ3v) is 12.2. The molecule has 11 N–H and O–H groups in total. The van der Waals surface area contributed by atoms with Gasteiger partial charge in [-0.2, -0.15) is 0 Å². The van der Waals surface area contributed by atoms with Crippen molar-refractivity contribution in [1.29, 1.82) is 0 Å². The Bertz CT molecular complexity index is 2460. The molecule has 0 aliphatic carbocycles. The van der Waals surface area contributed by atoms with E-state index in [1.165, 1.54) is 0 Å². The number of carbonyl (C=O) groups excluding carboxylic acids is 1. The second-order valence-corrected chi connectivity index (χ2v) is 16.2. The number of hydrogen-bond donors (Lipinski definition) is 9. The number of aliphatic hydroxyl groups excluding tert-OH is 4. The van der Waals surface area contributed by atoms with Crippen molar-refractivity contribution in [3.63, 3.8) is 0 Å². The third-order valence-electron chi connectivity index (χ3n) is 12.2. The van der Waals surface area contributed by atoms with Gasteiger partial charge in [-0.25, -0.2) is 0 Å². The standard InChI is InChI=1S/C44H48N4O15/c45-42(46)40(61-32(53)16-31(51)52)39-35(54)41(55)44(56)10-8-23-25(18-48-17-22-9-11-47-26(22)19-48)34-30(15-28(23)60-43(44)63-39)59-29(14-21-4-2-1-3-5-21)33-24-6-7-27(58-20-50)37(57-13-12-49)36(24)62-38(33)34/h1-7,9,11,15,17,19,29,33,35,38-43,47,49-50,54-56H,8,10,12-14,16,18,20,45-46H2,(H,51,52)/t29-,33+,35+,38+,39-,40+,41-,43+,44+/m0/s1. The van der Waals surface area contributed by atoms with Gasteiger partial charge in [-0.1, -0.05) is 36.4 Å². The van der Waals surface area contributed by atoms with Crippen molar-refractivity contribution in [3.8, 4) is 28.7 Å². The predicted octanol–water partition coefficient (Wildman–Crippen LogP) is 1.07. The minimum Gasteiger partial charge on any atom is -0.489 e. The van der Waals surface area contributed by atoms with Crippen LogP contribution in [-0.2, 0) is 38.4 Å². The van der Waals surface area contributed by atoms with Gasteiger partial charge in [0.05, 0.1) is 24.2 Å². The summed E-state index contributed by atoms with van der Waals surface area (Å²) in [5.41, 5.74) is 14.3. The van der Waals surface area contributed by atoms with Crippen molar-refractivity contribution in [2.45, 2.75) is 92.8 Å². The molecule has 0 saturated carbocycles. The molecule has 4 aliphatic rings. The Morgan fingerprint density at radius 3 is 2.54 bits per heavy atom. The molecule has 3 aromatic carbocycles. The summed E-state index contributed by atoms with van der Waals surface area (Å²) < 4.78 is 45.5. The summed E-state index contributed by atoms with van der Waals surface area (Å²) in [5.74, 6) is -1.73. The van der Waals surface area contributed by atoms with Gasteiger partial charge < -0.3 is 84.8 Å². The van der Waals surface area contributed by atoms with Crippen LogP contribution in [0, 0.1) is 0 Å². The second kappa shape index (κ2) is 17.0. The lowest BCUT2D eigenvalue weighted by Crippen LogP contribution is -2.71. The number of aliphatic carboxylic acids is 1. The van der Waals surface area contributed by atoms with E-state index in [-0.39, 0.29) is 49.8 Å². The third kappa shape index (κ3) is 7.69. The minimum absolute atomic E-state index is 0.0787. The molecular weight excluding hydrogens is 824 g/mol. The Labute approximate surface area is 359 Å². The van der Waals surface area contributed by atoms with Crippen LogP contribution in [-0.4, -0.2) is 121 Å². The molecule has 0 spiro atoms. The second-order valence-electron chi connectivity index (χ2n) is 16.2. The zero-order valence-electron chi connectivity index (χ0n) is 33.7. The van der Waals surface area contributed by atoms with Crippen LogP contribution in [0.15, 0.2) is 73.2 Å². The molecule has 0 amide bonds. The number of aromatic nitrogens is 2. The van der Waals surface area contributed by atoms with Crippen LogP contribution in [0.25, 0.3) is 10.9 Å². The van der Waals surface area contributed by atoms with E-state index in [9.17, 15) is 35.1 Å². The van der Waals surface area contributed by atoms with Crippen LogP contribution in [0.2, 0.25) is 0 Å². The van der Waals surface area contributed by atoms with Crippen molar-refractivity contribution in [3.05, 3.63) is 101 Å². The largest absolute Gasteiger partial charge is 0.489 e. The van der Waals surface area contributed by atoms with Crippen LogP contribution >= 0.6 is 0 Å². The highest BCUT2D eigenvalue weighted by atomic mass is 16.7. The minimum atomic E-state index is -2.24. The first kappa shape index (κ1) is 42.4. The zero-order chi connectivity index (χ0) is 44.2. The number of H-pyrrole nitrogens is 1. The van der Waals surface area contributed by atoms with Crippen LogP contribution in [0.1, 0.15) is 52.7 Å². The van der Waals surface area contributed by atoms with Gasteiger partial charge in [0.15, 0.2) is 30.0 Å². The first-order valence-corrected chi connectivity index (χ1v) is 20.5. The van der Waals surface area contributed by atoms with Crippen LogP contribution in [0.3, 0.4) is 0 Å². The Kier molecular flexibility index (Phi) is 11.4. The number of benzene rings is 3. The summed E-state index contributed by atoms with van der Waals surface area (Å²) in [6, 6.07) is 16.9. The fourth-order valence-corrected chi connectivity index (χ4v) is 9.39. The van der Waals surface area contributed by atoms with Gasteiger partial charge in [-0.3, -0.25) is 9.59 Å². The quantitative estimate of drug-likeness (QED) is 0.0428. The van der Waals surface area contributed by atoms with E-state index in [2.05, 4.69) is 4.98 Å². The summed E-state index contributed by atoms with van der Waals surface area (Å²) >= 11 is 0. The predicted molar refractivity (Wildman–Crippen MR) is 218 cm³/mol. The Morgan fingerprint density at radius 1 is 1.00 bits per heavy atom. The number of carboxylic acid groups (broad SMARTS) is 1. The number of fused-ring (bicyclic) bond motifs is 8. The van der Waals surface area contributed by atoms with E-state index in [0.29, 0.717) is 34.6 Å².